The molecule has 0 aliphatic rings. The number of ketones is 1. The van der Waals surface area contributed by atoms with Crippen molar-refractivity contribution in [1.82, 2.24) is 15.3 Å². The number of amides is 1. The van der Waals surface area contributed by atoms with E-state index >= 15 is 0 Å². The minimum absolute atomic E-state index is 0.108. The van der Waals surface area contributed by atoms with Crippen LogP contribution in [0.2, 0.25) is 0 Å². The summed E-state index contributed by atoms with van der Waals surface area (Å²) in [5.41, 5.74) is 5.90. The van der Waals surface area contributed by atoms with Crippen molar-refractivity contribution in [2.75, 3.05) is 6.54 Å². The standard InChI is InChI=1S/C31H33N3O2/c1-4-5-15-32-31(36)24-12-13-28(33-19-24)23-11-14-29-26(18-23)25(17-22-9-7-6-8-10-22)27(20-34-29)30(35)16-21(2)3/h6-14,18-21H,4-5,15-17H2,1-3H3,(H,32,36). The lowest BCUT2D eigenvalue weighted by molar-refractivity contribution is 0.0949. The number of hydrogen-bond acceptors (Lipinski definition) is 4. The molecule has 0 unspecified atom stereocenters. The molecule has 2 aromatic carbocycles. The number of unbranched alkanes of at least 4 members (excludes halogenated alkanes) is 1. The number of pyridine rings is 2. The Morgan fingerprint density at radius 1 is 0.944 bits per heavy atom. The van der Waals surface area contributed by atoms with Gasteiger partial charge in [-0.1, -0.05) is 63.6 Å². The molecule has 0 radical (unpaired) electrons. The lowest BCUT2D eigenvalue weighted by Crippen LogP contribution is -2.24. The molecule has 0 fully saturated rings. The van der Waals surface area contributed by atoms with Crippen LogP contribution in [0.4, 0.5) is 0 Å². The number of nitrogens with zero attached hydrogens (tertiary/aromatic N) is 2. The normalized spacial score (nSPS) is 11.1. The predicted octanol–water partition coefficient (Wildman–Crippen LogP) is 6.65. The zero-order chi connectivity index (χ0) is 25.5. The number of nitrogens with one attached hydrogen (secondary N) is 1. The Kier molecular flexibility index (Phi) is 8.21. The number of rotatable bonds is 10. The maximum atomic E-state index is 13.2. The second-order valence-corrected chi connectivity index (χ2v) is 9.61. The van der Waals surface area contributed by atoms with Gasteiger partial charge in [-0.2, -0.15) is 0 Å². The van der Waals surface area contributed by atoms with Gasteiger partial charge in [-0.3, -0.25) is 19.6 Å². The van der Waals surface area contributed by atoms with Crippen LogP contribution in [0.5, 0.6) is 0 Å². The molecule has 0 bridgehead atoms. The first-order valence-electron chi connectivity index (χ1n) is 12.7. The lowest BCUT2D eigenvalue weighted by atomic mass is 9.91. The summed E-state index contributed by atoms with van der Waals surface area (Å²) in [6, 6.07) is 19.9. The lowest BCUT2D eigenvalue weighted by Gasteiger charge is -2.14. The van der Waals surface area contributed by atoms with E-state index < -0.39 is 0 Å². The third-order valence-corrected chi connectivity index (χ3v) is 6.23. The Morgan fingerprint density at radius 2 is 1.75 bits per heavy atom. The highest BCUT2D eigenvalue weighted by atomic mass is 16.1. The van der Waals surface area contributed by atoms with Crippen LogP contribution in [-0.4, -0.2) is 28.2 Å². The zero-order valence-corrected chi connectivity index (χ0v) is 21.3. The smallest absolute Gasteiger partial charge is 0.252 e. The molecule has 0 aliphatic heterocycles. The van der Waals surface area contributed by atoms with Crippen LogP contribution in [0.3, 0.4) is 0 Å². The molecule has 5 nitrogen and oxygen atoms in total. The van der Waals surface area contributed by atoms with Gasteiger partial charge >= 0.3 is 0 Å². The van der Waals surface area contributed by atoms with Crippen LogP contribution in [0.1, 0.15) is 71.9 Å². The SMILES string of the molecule is CCCCNC(=O)c1ccc(-c2ccc3ncc(C(=O)CC(C)C)c(Cc4ccccc4)c3c2)nc1. The second kappa shape index (κ2) is 11.7. The van der Waals surface area contributed by atoms with E-state index in [1.165, 1.54) is 0 Å². The van der Waals surface area contributed by atoms with Crippen LogP contribution in [0.15, 0.2) is 73.1 Å². The molecule has 0 atom stereocenters. The van der Waals surface area contributed by atoms with Gasteiger partial charge in [0.05, 0.1) is 16.8 Å². The molecule has 0 saturated carbocycles. The molecule has 36 heavy (non-hydrogen) atoms. The van der Waals surface area contributed by atoms with Crippen LogP contribution in [0, 0.1) is 5.92 Å². The van der Waals surface area contributed by atoms with Crippen molar-refractivity contribution in [2.45, 2.75) is 46.5 Å². The number of fused-ring (bicyclic) bond motifs is 1. The van der Waals surface area contributed by atoms with Gasteiger partial charge in [-0.05, 0) is 54.2 Å². The molecule has 1 amide bonds. The molecular formula is C31H33N3O2. The number of hydrogen-bond donors (Lipinski definition) is 1. The quantitative estimate of drug-likeness (QED) is 0.204. The van der Waals surface area contributed by atoms with Gasteiger partial charge in [-0.25, -0.2) is 0 Å². The van der Waals surface area contributed by atoms with Gasteiger partial charge in [0.25, 0.3) is 5.91 Å². The van der Waals surface area contributed by atoms with Crippen molar-refractivity contribution in [3.8, 4) is 11.3 Å². The number of carbonyl (C=O) groups is 2. The molecule has 5 heteroatoms. The topological polar surface area (TPSA) is 72.0 Å². The zero-order valence-electron chi connectivity index (χ0n) is 21.3. The second-order valence-electron chi connectivity index (χ2n) is 9.61. The van der Waals surface area contributed by atoms with Gasteiger partial charge in [0, 0.05) is 41.9 Å². The highest BCUT2D eigenvalue weighted by Crippen LogP contribution is 2.29. The van der Waals surface area contributed by atoms with Gasteiger partial charge in [-0.15, -0.1) is 0 Å². The molecule has 0 aliphatic carbocycles. The minimum Gasteiger partial charge on any atom is -0.352 e. The summed E-state index contributed by atoms with van der Waals surface area (Å²) >= 11 is 0. The Bertz CT molecular complexity index is 1350. The summed E-state index contributed by atoms with van der Waals surface area (Å²) in [5, 5.41) is 3.88. The molecule has 1 N–H and O–H groups in total. The van der Waals surface area contributed by atoms with Crippen LogP contribution >= 0.6 is 0 Å². The van der Waals surface area contributed by atoms with E-state index in [0.717, 1.165) is 46.1 Å². The van der Waals surface area contributed by atoms with Gasteiger partial charge in [0.2, 0.25) is 0 Å². The highest BCUT2D eigenvalue weighted by molar-refractivity contribution is 6.02. The number of carbonyl (C=O) groups excluding carboxylic acids is 2. The van der Waals surface area contributed by atoms with Crippen molar-refractivity contribution in [3.63, 3.8) is 0 Å². The Morgan fingerprint density at radius 3 is 2.44 bits per heavy atom. The third kappa shape index (κ3) is 6.03. The largest absolute Gasteiger partial charge is 0.352 e. The first-order valence-corrected chi connectivity index (χ1v) is 12.7. The van der Waals surface area contributed by atoms with E-state index in [9.17, 15) is 9.59 Å². The summed E-state index contributed by atoms with van der Waals surface area (Å²) in [6.07, 6.45) is 6.47. The van der Waals surface area contributed by atoms with Crippen LogP contribution in [-0.2, 0) is 6.42 Å². The molecular weight excluding hydrogens is 446 g/mol. The first kappa shape index (κ1) is 25.2. The summed E-state index contributed by atoms with van der Waals surface area (Å²) < 4.78 is 0. The summed E-state index contributed by atoms with van der Waals surface area (Å²) in [4.78, 5) is 34.7. The first-order chi connectivity index (χ1) is 17.5. The number of aromatic nitrogens is 2. The maximum absolute atomic E-state index is 13.2. The maximum Gasteiger partial charge on any atom is 0.252 e. The van der Waals surface area contributed by atoms with Gasteiger partial charge < -0.3 is 5.32 Å². The van der Waals surface area contributed by atoms with Crippen molar-refractivity contribution >= 4 is 22.6 Å². The van der Waals surface area contributed by atoms with E-state index in [1.54, 1.807) is 18.5 Å². The van der Waals surface area contributed by atoms with E-state index in [2.05, 4.69) is 54.3 Å². The molecule has 0 spiro atoms. The van der Waals surface area contributed by atoms with Crippen molar-refractivity contribution < 1.29 is 9.59 Å². The summed E-state index contributed by atoms with van der Waals surface area (Å²) in [5.74, 6) is 0.280. The molecule has 184 valence electrons. The fourth-order valence-electron chi connectivity index (χ4n) is 4.30. The predicted molar refractivity (Wildman–Crippen MR) is 145 cm³/mol. The molecule has 2 heterocycles. The monoisotopic (exact) mass is 479 g/mol. The van der Waals surface area contributed by atoms with Crippen molar-refractivity contribution in [2.24, 2.45) is 5.92 Å². The van der Waals surface area contributed by atoms with Crippen LogP contribution < -0.4 is 5.32 Å². The van der Waals surface area contributed by atoms with E-state index in [-0.39, 0.29) is 17.6 Å². The summed E-state index contributed by atoms with van der Waals surface area (Å²) in [7, 11) is 0. The highest BCUT2D eigenvalue weighted by Gasteiger charge is 2.18. The van der Waals surface area contributed by atoms with Crippen LogP contribution in [0.25, 0.3) is 22.2 Å². The number of Topliss-reactive ketones (excluding diaryl/α,β-unsaturated/α-hetero) is 1. The van der Waals surface area contributed by atoms with E-state index in [4.69, 9.17) is 0 Å². The Hall–Kier alpha value is -3.86. The van der Waals surface area contributed by atoms with Gasteiger partial charge in [0.1, 0.15) is 0 Å². The molecule has 4 aromatic rings. The Balaban J connectivity index is 1.72. The summed E-state index contributed by atoms with van der Waals surface area (Å²) in [6.45, 7) is 6.87. The average Bonchev–Trinajstić information content (AvgIpc) is 2.89. The molecule has 2 aromatic heterocycles. The molecule has 0 saturated heterocycles. The third-order valence-electron chi connectivity index (χ3n) is 6.23. The van der Waals surface area contributed by atoms with Crippen molar-refractivity contribution in [3.05, 3.63) is 95.3 Å². The Labute approximate surface area is 213 Å². The van der Waals surface area contributed by atoms with E-state index in [1.807, 2.05) is 36.4 Å². The minimum atomic E-state index is -0.108. The van der Waals surface area contributed by atoms with Crippen molar-refractivity contribution in [1.29, 1.82) is 0 Å². The van der Waals surface area contributed by atoms with Gasteiger partial charge in [0.15, 0.2) is 5.78 Å². The average molecular weight is 480 g/mol. The fraction of sp³-hybridized carbons (Fsp3) is 0.290. The van der Waals surface area contributed by atoms with E-state index in [0.29, 0.717) is 30.5 Å². The number of benzene rings is 2. The molecule has 4 rings (SSSR count). The fourth-order valence-corrected chi connectivity index (χ4v) is 4.30.